The lowest BCUT2D eigenvalue weighted by molar-refractivity contribution is 0.282. The van der Waals surface area contributed by atoms with Crippen LogP contribution in [0.3, 0.4) is 0 Å². The molecule has 0 saturated heterocycles. The minimum absolute atomic E-state index is 0.174. The van der Waals surface area contributed by atoms with E-state index in [-0.39, 0.29) is 6.61 Å². The molecule has 0 unspecified atom stereocenters. The van der Waals surface area contributed by atoms with E-state index in [2.05, 4.69) is 16.4 Å². The molecule has 19 heavy (non-hydrogen) atoms. The van der Waals surface area contributed by atoms with Gasteiger partial charge in [0.15, 0.2) is 0 Å². The number of nitrogens with zero attached hydrogens (tertiary/aromatic N) is 1. The summed E-state index contributed by atoms with van der Waals surface area (Å²) in [6, 6.07) is 10.0. The van der Waals surface area contributed by atoms with Crippen molar-refractivity contribution in [1.29, 1.82) is 0 Å². The molecule has 0 amide bonds. The molecule has 0 aliphatic rings. The molecule has 2 rings (SSSR count). The number of para-hydroxylation sites is 1. The average Bonchev–Trinajstić information content (AvgIpc) is 2.43. The fourth-order valence-electron chi connectivity index (χ4n) is 1.92. The Hall–Kier alpha value is -1.65. The minimum Gasteiger partial charge on any atom is -0.491 e. The Balaban J connectivity index is 1.95. The molecule has 2 aromatic rings. The summed E-state index contributed by atoms with van der Waals surface area (Å²) in [5.74, 6) is 0.836. The maximum atomic E-state index is 8.64. The Kier molecular flexibility index (Phi) is 5.12. The standard InChI is InChI=1S/C15H20N2O2/c1-12-6-7-13-4-2-5-14(15(13)17-12)19-11-3-8-16-9-10-18/h2,4-7,16,18H,3,8-11H2,1H3. The van der Waals surface area contributed by atoms with Gasteiger partial charge in [-0.05, 0) is 32.0 Å². The van der Waals surface area contributed by atoms with Crippen LogP contribution in [0.1, 0.15) is 12.1 Å². The number of aryl methyl sites for hydroxylation is 1. The van der Waals surface area contributed by atoms with E-state index in [1.165, 1.54) is 0 Å². The molecule has 102 valence electrons. The number of aliphatic hydroxyl groups excluding tert-OH is 1. The summed E-state index contributed by atoms with van der Waals surface area (Å²) < 4.78 is 5.79. The maximum Gasteiger partial charge on any atom is 0.145 e. The van der Waals surface area contributed by atoms with Crippen LogP contribution in [0.5, 0.6) is 5.75 Å². The van der Waals surface area contributed by atoms with Gasteiger partial charge in [-0.1, -0.05) is 18.2 Å². The number of aromatic nitrogens is 1. The number of hydrogen-bond donors (Lipinski definition) is 2. The Bertz CT molecular complexity index is 529. The highest BCUT2D eigenvalue weighted by Gasteiger charge is 2.03. The Morgan fingerprint density at radius 2 is 2.11 bits per heavy atom. The number of ether oxygens (including phenoxy) is 1. The van der Waals surface area contributed by atoms with Crippen molar-refractivity contribution in [1.82, 2.24) is 10.3 Å². The van der Waals surface area contributed by atoms with Crippen LogP contribution in [-0.4, -0.2) is 36.4 Å². The van der Waals surface area contributed by atoms with Crippen LogP contribution in [0.15, 0.2) is 30.3 Å². The van der Waals surface area contributed by atoms with Crippen molar-refractivity contribution in [2.75, 3.05) is 26.3 Å². The van der Waals surface area contributed by atoms with Crippen molar-refractivity contribution in [3.63, 3.8) is 0 Å². The molecule has 1 aromatic heterocycles. The van der Waals surface area contributed by atoms with Gasteiger partial charge in [0.1, 0.15) is 11.3 Å². The zero-order valence-corrected chi connectivity index (χ0v) is 11.2. The number of hydrogen-bond acceptors (Lipinski definition) is 4. The summed E-state index contributed by atoms with van der Waals surface area (Å²) in [7, 11) is 0. The molecule has 0 saturated carbocycles. The first kappa shape index (κ1) is 13.8. The van der Waals surface area contributed by atoms with Crippen molar-refractivity contribution in [2.24, 2.45) is 0 Å². The summed E-state index contributed by atoms with van der Waals surface area (Å²) in [5.41, 5.74) is 1.92. The number of fused-ring (bicyclic) bond motifs is 1. The van der Waals surface area contributed by atoms with Crippen molar-refractivity contribution in [2.45, 2.75) is 13.3 Å². The monoisotopic (exact) mass is 260 g/mol. The van der Waals surface area contributed by atoms with Crippen LogP contribution in [0.25, 0.3) is 10.9 Å². The lowest BCUT2D eigenvalue weighted by Crippen LogP contribution is -2.20. The van der Waals surface area contributed by atoms with Crippen LogP contribution < -0.4 is 10.1 Å². The predicted octanol–water partition coefficient (Wildman–Crippen LogP) is 1.89. The number of pyridine rings is 1. The van der Waals surface area contributed by atoms with Gasteiger partial charge < -0.3 is 15.2 Å². The third-order valence-corrected chi connectivity index (χ3v) is 2.87. The van der Waals surface area contributed by atoms with Gasteiger partial charge in [-0.3, -0.25) is 0 Å². The van der Waals surface area contributed by atoms with Crippen molar-refractivity contribution in [3.05, 3.63) is 36.0 Å². The third-order valence-electron chi connectivity index (χ3n) is 2.87. The van der Waals surface area contributed by atoms with E-state index in [1.807, 2.05) is 31.2 Å². The highest BCUT2D eigenvalue weighted by atomic mass is 16.5. The van der Waals surface area contributed by atoms with E-state index in [0.29, 0.717) is 13.2 Å². The number of aliphatic hydroxyl groups is 1. The second-order valence-electron chi connectivity index (χ2n) is 4.46. The summed E-state index contributed by atoms with van der Waals surface area (Å²) in [5, 5.41) is 12.9. The van der Waals surface area contributed by atoms with Crippen LogP contribution in [0, 0.1) is 6.92 Å². The summed E-state index contributed by atoms with van der Waals surface area (Å²) in [6.45, 7) is 4.28. The van der Waals surface area contributed by atoms with Gasteiger partial charge in [-0.2, -0.15) is 0 Å². The SMILES string of the molecule is Cc1ccc2cccc(OCCCNCCO)c2n1. The van der Waals surface area contributed by atoms with E-state index < -0.39 is 0 Å². The lowest BCUT2D eigenvalue weighted by atomic mass is 10.2. The van der Waals surface area contributed by atoms with Gasteiger partial charge in [-0.15, -0.1) is 0 Å². The Morgan fingerprint density at radius 1 is 1.21 bits per heavy atom. The molecule has 0 fully saturated rings. The molecular weight excluding hydrogens is 240 g/mol. The fourth-order valence-corrected chi connectivity index (χ4v) is 1.92. The van der Waals surface area contributed by atoms with Crippen LogP contribution in [0.2, 0.25) is 0 Å². The number of benzene rings is 1. The topological polar surface area (TPSA) is 54.4 Å². The van der Waals surface area contributed by atoms with Gasteiger partial charge >= 0.3 is 0 Å². The van der Waals surface area contributed by atoms with Crippen LogP contribution in [0.4, 0.5) is 0 Å². The van der Waals surface area contributed by atoms with E-state index in [0.717, 1.165) is 35.3 Å². The second-order valence-corrected chi connectivity index (χ2v) is 4.46. The highest BCUT2D eigenvalue weighted by molar-refractivity contribution is 5.84. The minimum atomic E-state index is 0.174. The first-order chi connectivity index (χ1) is 9.31. The summed E-state index contributed by atoms with van der Waals surface area (Å²) >= 11 is 0. The third kappa shape index (κ3) is 3.91. The normalized spacial score (nSPS) is 10.8. The molecule has 0 spiro atoms. The molecule has 0 aliphatic heterocycles. The summed E-state index contributed by atoms with van der Waals surface area (Å²) in [6.07, 6.45) is 0.905. The largest absolute Gasteiger partial charge is 0.491 e. The lowest BCUT2D eigenvalue weighted by Gasteiger charge is -2.09. The Morgan fingerprint density at radius 3 is 2.95 bits per heavy atom. The van der Waals surface area contributed by atoms with E-state index in [9.17, 15) is 0 Å². The molecule has 0 radical (unpaired) electrons. The molecule has 0 aliphatic carbocycles. The van der Waals surface area contributed by atoms with Crippen molar-refractivity contribution < 1.29 is 9.84 Å². The quantitative estimate of drug-likeness (QED) is 0.747. The second kappa shape index (κ2) is 7.07. The van der Waals surface area contributed by atoms with Crippen LogP contribution >= 0.6 is 0 Å². The first-order valence-corrected chi connectivity index (χ1v) is 6.62. The summed E-state index contributed by atoms with van der Waals surface area (Å²) in [4.78, 5) is 4.53. The van der Waals surface area contributed by atoms with Crippen LogP contribution in [-0.2, 0) is 0 Å². The predicted molar refractivity (Wildman–Crippen MR) is 76.5 cm³/mol. The van der Waals surface area contributed by atoms with Gasteiger partial charge in [-0.25, -0.2) is 4.98 Å². The van der Waals surface area contributed by atoms with Crippen molar-refractivity contribution in [3.8, 4) is 5.75 Å². The highest BCUT2D eigenvalue weighted by Crippen LogP contribution is 2.23. The van der Waals surface area contributed by atoms with Gasteiger partial charge in [0.05, 0.1) is 13.2 Å². The van der Waals surface area contributed by atoms with Crippen molar-refractivity contribution >= 4 is 10.9 Å². The zero-order valence-electron chi connectivity index (χ0n) is 11.2. The molecular formula is C15H20N2O2. The van der Waals surface area contributed by atoms with Gasteiger partial charge in [0.2, 0.25) is 0 Å². The number of nitrogens with one attached hydrogen (secondary N) is 1. The number of rotatable bonds is 7. The molecule has 1 heterocycles. The fraction of sp³-hybridized carbons (Fsp3) is 0.400. The molecule has 1 aromatic carbocycles. The molecule has 4 heteroatoms. The maximum absolute atomic E-state index is 8.64. The molecule has 0 bridgehead atoms. The van der Waals surface area contributed by atoms with E-state index in [1.54, 1.807) is 0 Å². The molecule has 2 N–H and O–H groups in total. The zero-order chi connectivity index (χ0) is 13.5. The van der Waals surface area contributed by atoms with Gasteiger partial charge in [0.25, 0.3) is 0 Å². The van der Waals surface area contributed by atoms with Gasteiger partial charge in [0, 0.05) is 17.6 Å². The van der Waals surface area contributed by atoms with E-state index >= 15 is 0 Å². The molecule has 0 atom stereocenters. The van der Waals surface area contributed by atoms with E-state index in [4.69, 9.17) is 9.84 Å². The first-order valence-electron chi connectivity index (χ1n) is 6.62. The average molecular weight is 260 g/mol. The molecule has 4 nitrogen and oxygen atoms in total. The smallest absolute Gasteiger partial charge is 0.145 e. The Labute approximate surface area is 113 Å².